The van der Waals surface area contributed by atoms with Crippen molar-refractivity contribution in [2.75, 3.05) is 31.2 Å². The van der Waals surface area contributed by atoms with Crippen LogP contribution in [0.1, 0.15) is 17.0 Å². The van der Waals surface area contributed by atoms with Gasteiger partial charge in [0.05, 0.1) is 24.6 Å². The highest BCUT2D eigenvalue weighted by atomic mass is 16.5. The zero-order chi connectivity index (χ0) is 20.7. The molecule has 1 unspecified atom stereocenters. The number of rotatable bonds is 2. The molecule has 0 radical (unpaired) electrons. The summed E-state index contributed by atoms with van der Waals surface area (Å²) in [5, 5.41) is 20.8. The Morgan fingerprint density at radius 3 is 2.70 bits per heavy atom. The second kappa shape index (κ2) is 7.25. The average Bonchev–Trinajstić information content (AvgIpc) is 2.77. The van der Waals surface area contributed by atoms with Crippen LogP contribution in [-0.4, -0.2) is 36.4 Å². The number of morpholine rings is 1. The summed E-state index contributed by atoms with van der Waals surface area (Å²) in [5.74, 6) is 0.919. The largest absolute Gasteiger partial charge is 0.508 e. The number of para-hydroxylation sites is 1. The second-order valence-corrected chi connectivity index (χ2v) is 7.34. The number of ether oxygens (including phenoxy) is 2. The van der Waals surface area contributed by atoms with Gasteiger partial charge in [0.25, 0.3) is 0 Å². The van der Waals surface area contributed by atoms with Gasteiger partial charge in [0, 0.05) is 35.7 Å². The first-order chi connectivity index (χ1) is 14.7. The number of aromatic hydroxyl groups is 1. The van der Waals surface area contributed by atoms with Crippen LogP contribution in [0.3, 0.4) is 0 Å². The standard InChI is InChI=1S/C23H20N4O3/c24-13-18-21(16-6-5-15(28)12-20(16)30-22(18)25)17-11-14-3-1-2-4-19(14)26-23(17)27-7-9-29-10-8-27/h1-6,11-12,21,28H,7-10,25H2. The van der Waals surface area contributed by atoms with Gasteiger partial charge < -0.3 is 25.2 Å². The van der Waals surface area contributed by atoms with Crippen molar-refractivity contribution in [2.45, 2.75) is 5.92 Å². The van der Waals surface area contributed by atoms with Crippen molar-refractivity contribution in [3.63, 3.8) is 0 Å². The molecule has 5 rings (SSSR count). The van der Waals surface area contributed by atoms with Crippen molar-refractivity contribution in [3.05, 3.63) is 71.1 Å². The highest BCUT2D eigenvalue weighted by Crippen LogP contribution is 2.46. The molecule has 3 N–H and O–H groups in total. The van der Waals surface area contributed by atoms with Crippen LogP contribution in [0.2, 0.25) is 0 Å². The predicted molar refractivity (Wildman–Crippen MR) is 112 cm³/mol. The number of nitriles is 1. The van der Waals surface area contributed by atoms with E-state index in [0.29, 0.717) is 37.6 Å². The molecule has 1 saturated heterocycles. The van der Waals surface area contributed by atoms with E-state index in [1.54, 1.807) is 12.1 Å². The fourth-order valence-electron chi connectivity index (χ4n) is 4.13. The molecule has 1 fully saturated rings. The lowest BCUT2D eigenvalue weighted by molar-refractivity contribution is 0.122. The maximum absolute atomic E-state index is 9.92. The maximum atomic E-state index is 9.92. The summed E-state index contributed by atoms with van der Waals surface area (Å²) < 4.78 is 11.2. The molecule has 150 valence electrons. The number of aromatic nitrogens is 1. The van der Waals surface area contributed by atoms with Crippen molar-refractivity contribution in [1.82, 2.24) is 4.98 Å². The van der Waals surface area contributed by atoms with E-state index < -0.39 is 5.92 Å². The van der Waals surface area contributed by atoms with E-state index >= 15 is 0 Å². The third kappa shape index (κ3) is 2.98. The molecule has 0 aliphatic carbocycles. The van der Waals surface area contributed by atoms with Gasteiger partial charge in [-0.25, -0.2) is 4.98 Å². The number of phenolic OH excluding ortho intramolecular Hbond substituents is 1. The van der Waals surface area contributed by atoms with Crippen LogP contribution in [0.25, 0.3) is 10.9 Å². The van der Waals surface area contributed by atoms with E-state index in [4.69, 9.17) is 20.2 Å². The average molecular weight is 400 g/mol. The van der Waals surface area contributed by atoms with Crippen LogP contribution in [0, 0.1) is 11.3 Å². The van der Waals surface area contributed by atoms with Crippen LogP contribution in [0.4, 0.5) is 5.82 Å². The second-order valence-electron chi connectivity index (χ2n) is 7.34. The summed E-state index contributed by atoms with van der Waals surface area (Å²) in [6.07, 6.45) is 0. The lowest BCUT2D eigenvalue weighted by Gasteiger charge is -2.33. The molecule has 1 aromatic heterocycles. The van der Waals surface area contributed by atoms with Gasteiger partial charge in [0.1, 0.15) is 29.0 Å². The molecule has 0 saturated carbocycles. The van der Waals surface area contributed by atoms with Gasteiger partial charge in [0.2, 0.25) is 5.88 Å². The van der Waals surface area contributed by atoms with Crippen LogP contribution in [0.15, 0.2) is 60.0 Å². The molecule has 30 heavy (non-hydrogen) atoms. The first-order valence-electron chi connectivity index (χ1n) is 9.78. The molecule has 2 aromatic carbocycles. The molecule has 1 atom stereocenters. The number of hydrogen-bond acceptors (Lipinski definition) is 7. The van der Waals surface area contributed by atoms with Crippen LogP contribution >= 0.6 is 0 Å². The Morgan fingerprint density at radius 2 is 1.90 bits per heavy atom. The molecular formula is C23H20N4O3. The van der Waals surface area contributed by atoms with Crippen molar-refractivity contribution >= 4 is 16.7 Å². The van der Waals surface area contributed by atoms with Gasteiger partial charge in [-0.3, -0.25) is 0 Å². The van der Waals surface area contributed by atoms with E-state index in [0.717, 1.165) is 27.8 Å². The monoisotopic (exact) mass is 400 g/mol. The maximum Gasteiger partial charge on any atom is 0.205 e. The van der Waals surface area contributed by atoms with Crippen LogP contribution < -0.4 is 15.4 Å². The third-order valence-electron chi connectivity index (χ3n) is 5.56. The van der Waals surface area contributed by atoms with Gasteiger partial charge in [-0.2, -0.15) is 5.26 Å². The van der Waals surface area contributed by atoms with Gasteiger partial charge in [-0.1, -0.05) is 24.3 Å². The molecule has 0 bridgehead atoms. The molecule has 7 nitrogen and oxygen atoms in total. The molecule has 0 spiro atoms. The fraction of sp³-hybridized carbons (Fsp3) is 0.217. The van der Waals surface area contributed by atoms with Crippen molar-refractivity contribution < 1.29 is 14.6 Å². The number of hydrogen-bond donors (Lipinski definition) is 2. The van der Waals surface area contributed by atoms with E-state index in [9.17, 15) is 10.4 Å². The lowest BCUT2D eigenvalue weighted by Crippen LogP contribution is -2.38. The molecule has 3 aromatic rings. The number of phenols is 1. The van der Waals surface area contributed by atoms with Gasteiger partial charge >= 0.3 is 0 Å². The minimum Gasteiger partial charge on any atom is -0.508 e. The summed E-state index contributed by atoms with van der Waals surface area (Å²) >= 11 is 0. The summed E-state index contributed by atoms with van der Waals surface area (Å²) in [5.41, 5.74) is 8.99. The van der Waals surface area contributed by atoms with Gasteiger partial charge in [0.15, 0.2) is 0 Å². The Bertz CT molecular complexity index is 1210. The number of allylic oxidation sites excluding steroid dienone is 1. The highest BCUT2D eigenvalue weighted by Gasteiger charge is 2.34. The minimum atomic E-state index is -0.450. The topological polar surface area (TPSA) is 105 Å². The van der Waals surface area contributed by atoms with Crippen LogP contribution in [0.5, 0.6) is 11.5 Å². The number of pyridine rings is 1. The molecule has 0 amide bonds. The van der Waals surface area contributed by atoms with Gasteiger partial charge in [-0.05, 0) is 18.2 Å². The Kier molecular flexibility index (Phi) is 4.42. The van der Waals surface area contributed by atoms with Crippen LogP contribution in [-0.2, 0) is 4.74 Å². The Hall–Kier alpha value is -3.76. The Balaban J connectivity index is 1.78. The van der Waals surface area contributed by atoms with E-state index in [1.807, 2.05) is 24.3 Å². The zero-order valence-electron chi connectivity index (χ0n) is 16.2. The van der Waals surface area contributed by atoms with Crippen molar-refractivity contribution in [2.24, 2.45) is 5.73 Å². The summed E-state index contributed by atoms with van der Waals surface area (Å²) in [4.78, 5) is 7.15. The third-order valence-corrected chi connectivity index (χ3v) is 5.56. The van der Waals surface area contributed by atoms with E-state index in [1.165, 1.54) is 6.07 Å². The lowest BCUT2D eigenvalue weighted by atomic mass is 9.83. The molecule has 2 aliphatic rings. The fourth-order valence-corrected chi connectivity index (χ4v) is 4.13. The summed E-state index contributed by atoms with van der Waals surface area (Å²) in [6.45, 7) is 2.67. The normalized spacial score (nSPS) is 18.6. The molecular weight excluding hydrogens is 380 g/mol. The molecule has 7 heteroatoms. The zero-order valence-corrected chi connectivity index (χ0v) is 16.2. The number of anilines is 1. The SMILES string of the molecule is N#CC1=C(N)Oc2cc(O)ccc2C1c1cc2ccccc2nc1N1CCOCC1. The Labute approximate surface area is 173 Å². The molecule has 3 heterocycles. The van der Waals surface area contributed by atoms with Crippen molar-refractivity contribution in [3.8, 4) is 17.6 Å². The number of nitrogens with zero attached hydrogens (tertiary/aromatic N) is 3. The predicted octanol–water partition coefficient (Wildman–Crippen LogP) is 3.00. The van der Waals surface area contributed by atoms with Gasteiger partial charge in [-0.15, -0.1) is 0 Å². The summed E-state index contributed by atoms with van der Waals surface area (Å²) in [6, 6.07) is 17.1. The minimum absolute atomic E-state index is 0.0432. The first kappa shape index (κ1) is 18.3. The van der Waals surface area contributed by atoms with Crippen molar-refractivity contribution in [1.29, 1.82) is 5.26 Å². The first-order valence-corrected chi connectivity index (χ1v) is 9.78. The quantitative estimate of drug-likeness (QED) is 0.681. The smallest absolute Gasteiger partial charge is 0.205 e. The van der Waals surface area contributed by atoms with E-state index in [-0.39, 0.29) is 11.6 Å². The Morgan fingerprint density at radius 1 is 1.10 bits per heavy atom. The number of benzene rings is 2. The molecule has 2 aliphatic heterocycles. The van der Waals surface area contributed by atoms with E-state index in [2.05, 4.69) is 17.0 Å². The number of fused-ring (bicyclic) bond motifs is 2. The highest BCUT2D eigenvalue weighted by molar-refractivity contribution is 5.83. The number of nitrogens with two attached hydrogens (primary N) is 1. The summed E-state index contributed by atoms with van der Waals surface area (Å²) in [7, 11) is 0.